The van der Waals surface area contributed by atoms with Crippen molar-refractivity contribution in [2.24, 2.45) is 46.3 Å². The van der Waals surface area contributed by atoms with Crippen LogP contribution in [0.1, 0.15) is 122 Å². The van der Waals surface area contributed by atoms with Gasteiger partial charge in [0, 0.05) is 25.2 Å². The monoisotopic (exact) mass is 580 g/mol. The van der Waals surface area contributed by atoms with Crippen LogP contribution in [0.2, 0.25) is 0 Å². The maximum Gasteiger partial charge on any atom is 0.338 e. The van der Waals surface area contributed by atoms with Gasteiger partial charge < -0.3 is 19.0 Å². The summed E-state index contributed by atoms with van der Waals surface area (Å²) in [5.41, 5.74) is 1.12. The molecular formula is C37H56O5. The molecule has 0 amide bonds. The van der Waals surface area contributed by atoms with Crippen molar-refractivity contribution in [1.29, 1.82) is 0 Å². The maximum atomic E-state index is 13.4. The molecular weight excluding hydrogens is 524 g/mol. The van der Waals surface area contributed by atoms with Crippen molar-refractivity contribution in [1.82, 2.24) is 0 Å². The van der Waals surface area contributed by atoms with Gasteiger partial charge in [-0.25, -0.2) is 4.79 Å². The van der Waals surface area contributed by atoms with E-state index in [-0.39, 0.29) is 22.9 Å². The molecule has 1 heterocycles. The lowest BCUT2D eigenvalue weighted by Crippen LogP contribution is -2.60. The van der Waals surface area contributed by atoms with Gasteiger partial charge >= 0.3 is 5.97 Å². The number of rotatable bonds is 7. The Morgan fingerprint density at radius 2 is 1.67 bits per heavy atom. The van der Waals surface area contributed by atoms with Crippen molar-refractivity contribution in [2.45, 2.75) is 124 Å². The molecule has 0 radical (unpaired) electrons. The van der Waals surface area contributed by atoms with E-state index in [1.54, 1.807) is 0 Å². The Morgan fingerprint density at radius 1 is 0.976 bits per heavy atom. The summed E-state index contributed by atoms with van der Waals surface area (Å²) in [6.45, 7) is 13.2. The molecule has 4 aliphatic carbocycles. The number of carbonyl (C=O) groups is 2. The number of unbranched alkanes of at least 4 members (excludes halogenated alkanes) is 1. The summed E-state index contributed by atoms with van der Waals surface area (Å²) in [5.74, 6) is 2.51. The number of fused-ring (bicyclic) bond motifs is 5. The van der Waals surface area contributed by atoms with Crippen molar-refractivity contribution in [2.75, 3.05) is 13.2 Å². The van der Waals surface area contributed by atoms with Crippen molar-refractivity contribution >= 4 is 12.3 Å². The Hall–Kier alpha value is -1.72. The third-order valence-corrected chi connectivity index (χ3v) is 12.7. The first-order chi connectivity index (χ1) is 20.2. The molecule has 0 aromatic heterocycles. The van der Waals surface area contributed by atoms with Crippen molar-refractivity contribution in [3.8, 4) is 0 Å². The molecule has 5 fully saturated rings. The standard InChI is InChI=1S/C33H46O5.C4H10/c1-22(8-7-17-34)25-11-12-26-29-27(13-14-32(25,26)3)31(2)15-16-33(36-18-19-37-33)21-24(31)20-28(29)38-30(35)23-9-5-4-6-10-23;1-3-4-2/h4-6,9-10,17,22,24-29H,7-8,11-16,18-21H2,1-3H3;3-4H2,1-2H3/t22-,24+,25-,26?,27?,28-,29?,31+,32-;/m1./s1. The molecule has 0 N–H and O–H groups in total. The van der Waals surface area contributed by atoms with Crippen LogP contribution in [-0.2, 0) is 19.0 Å². The Balaban J connectivity index is 0.000000830. The van der Waals surface area contributed by atoms with Crippen LogP contribution in [0.15, 0.2) is 30.3 Å². The third kappa shape index (κ3) is 5.86. The highest BCUT2D eigenvalue weighted by atomic mass is 16.7. The van der Waals surface area contributed by atoms with Crippen LogP contribution in [-0.4, -0.2) is 37.4 Å². The smallest absolute Gasteiger partial charge is 0.338 e. The zero-order valence-electron chi connectivity index (χ0n) is 26.9. The predicted molar refractivity (Wildman–Crippen MR) is 166 cm³/mol. The highest BCUT2D eigenvalue weighted by Gasteiger charge is 2.65. The van der Waals surface area contributed by atoms with Crippen LogP contribution in [0.25, 0.3) is 0 Å². The molecule has 234 valence electrons. The molecule has 5 nitrogen and oxygen atoms in total. The van der Waals surface area contributed by atoms with E-state index in [0.29, 0.717) is 60.7 Å². The van der Waals surface area contributed by atoms with Gasteiger partial charge in [0.2, 0.25) is 0 Å². The van der Waals surface area contributed by atoms with Crippen molar-refractivity contribution in [3.05, 3.63) is 35.9 Å². The first-order valence-electron chi connectivity index (χ1n) is 17.2. The molecule has 6 rings (SSSR count). The normalized spacial score (nSPS) is 38.8. The van der Waals surface area contributed by atoms with Crippen molar-refractivity contribution in [3.63, 3.8) is 0 Å². The van der Waals surface area contributed by atoms with E-state index in [2.05, 4.69) is 34.6 Å². The topological polar surface area (TPSA) is 61.8 Å². The second-order valence-electron chi connectivity index (χ2n) is 14.8. The summed E-state index contributed by atoms with van der Waals surface area (Å²) in [7, 11) is 0. The number of ether oxygens (including phenoxy) is 3. The van der Waals surface area contributed by atoms with Crippen LogP contribution in [0.5, 0.6) is 0 Å². The fourth-order valence-corrected chi connectivity index (χ4v) is 10.3. The minimum Gasteiger partial charge on any atom is -0.458 e. The molecule has 4 saturated carbocycles. The average Bonchev–Trinajstić information content (AvgIpc) is 3.61. The lowest BCUT2D eigenvalue weighted by Gasteiger charge is -2.63. The van der Waals surface area contributed by atoms with Gasteiger partial charge in [-0.1, -0.05) is 65.7 Å². The van der Waals surface area contributed by atoms with Crippen LogP contribution < -0.4 is 0 Å². The summed E-state index contributed by atoms with van der Waals surface area (Å²) < 4.78 is 18.9. The quantitative estimate of drug-likeness (QED) is 0.239. The Kier molecular flexibility index (Phi) is 9.89. The Labute approximate surface area is 254 Å². The first kappa shape index (κ1) is 31.7. The molecule has 1 aliphatic heterocycles. The van der Waals surface area contributed by atoms with Crippen LogP contribution in [0, 0.1) is 46.3 Å². The fourth-order valence-electron chi connectivity index (χ4n) is 10.3. The number of aldehydes is 1. The molecule has 3 unspecified atom stereocenters. The van der Waals surface area contributed by atoms with E-state index in [4.69, 9.17) is 14.2 Å². The van der Waals surface area contributed by atoms with Gasteiger partial charge in [0.25, 0.3) is 0 Å². The van der Waals surface area contributed by atoms with Gasteiger partial charge in [-0.15, -0.1) is 0 Å². The molecule has 1 aromatic rings. The first-order valence-corrected chi connectivity index (χ1v) is 17.2. The van der Waals surface area contributed by atoms with E-state index in [1.165, 1.54) is 38.5 Å². The largest absolute Gasteiger partial charge is 0.458 e. The van der Waals surface area contributed by atoms with E-state index < -0.39 is 5.79 Å². The highest BCUT2D eigenvalue weighted by molar-refractivity contribution is 5.89. The average molecular weight is 581 g/mol. The predicted octanol–water partition coefficient (Wildman–Crippen LogP) is 8.65. The Morgan fingerprint density at radius 3 is 2.33 bits per heavy atom. The second kappa shape index (κ2) is 13.1. The zero-order chi connectivity index (χ0) is 30.0. The maximum absolute atomic E-state index is 13.4. The van der Waals surface area contributed by atoms with E-state index in [9.17, 15) is 9.59 Å². The van der Waals surface area contributed by atoms with E-state index in [0.717, 1.165) is 38.4 Å². The highest BCUT2D eigenvalue weighted by Crippen LogP contribution is 2.69. The molecule has 5 heteroatoms. The number of esters is 1. The number of carbonyl (C=O) groups excluding carboxylic acids is 2. The summed E-state index contributed by atoms with van der Waals surface area (Å²) in [6, 6.07) is 9.51. The minimum atomic E-state index is -0.430. The Bertz CT molecular complexity index is 1050. The molecule has 1 saturated heterocycles. The third-order valence-electron chi connectivity index (χ3n) is 12.7. The lowest BCUT2D eigenvalue weighted by molar-refractivity contribution is -0.242. The summed E-state index contributed by atoms with van der Waals surface area (Å²) in [4.78, 5) is 24.6. The molecule has 42 heavy (non-hydrogen) atoms. The van der Waals surface area contributed by atoms with Crippen LogP contribution in [0.3, 0.4) is 0 Å². The number of hydrogen-bond donors (Lipinski definition) is 0. The van der Waals surface area contributed by atoms with E-state index in [1.807, 2.05) is 30.3 Å². The zero-order valence-corrected chi connectivity index (χ0v) is 26.9. The van der Waals surface area contributed by atoms with Crippen molar-refractivity contribution < 1.29 is 23.8 Å². The van der Waals surface area contributed by atoms with Gasteiger partial charge in [-0.05, 0) is 97.5 Å². The van der Waals surface area contributed by atoms with Gasteiger partial charge in [0.1, 0.15) is 12.4 Å². The van der Waals surface area contributed by atoms with Gasteiger partial charge in [-0.2, -0.15) is 0 Å². The molecule has 1 spiro atoms. The molecule has 9 atom stereocenters. The molecule has 5 aliphatic rings. The van der Waals surface area contributed by atoms with E-state index >= 15 is 0 Å². The van der Waals surface area contributed by atoms with Crippen LogP contribution >= 0.6 is 0 Å². The lowest BCUT2D eigenvalue weighted by atomic mass is 9.43. The second-order valence-corrected chi connectivity index (χ2v) is 14.8. The number of benzene rings is 1. The minimum absolute atomic E-state index is 0.0732. The molecule has 0 bridgehead atoms. The SMILES string of the molecule is CCCC.C[C@H](CCC=O)[C@H]1CCC2C3C(CC[C@@]21C)[C@@]1(C)CCC2(C[C@@H]1C[C@H]3OC(=O)c1ccccc1)OCCO2. The fraction of sp³-hybridized carbons (Fsp3) is 0.784. The van der Waals surface area contributed by atoms with Gasteiger partial charge in [0.05, 0.1) is 18.8 Å². The summed E-state index contributed by atoms with van der Waals surface area (Å²) >= 11 is 0. The molecule has 1 aromatic carbocycles. The van der Waals surface area contributed by atoms with Gasteiger partial charge in [-0.3, -0.25) is 0 Å². The van der Waals surface area contributed by atoms with Crippen LogP contribution in [0.4, 0.5) is 0 Å². The summed E-state index contributed by atoms with van der Waals surface area (Å²) in [5, 5.41) is 0. The van der Waals surface area contributed by atoms with Gasteiger partial charge in [0.15, 0.2) is 5.79 Å². The number of hydrogen-bond acceptors (Lipinski definition) is 5. The summed E-state index contributed by atoms with van der Waals surface area (Å²) in [6.07, 6.45) is 14.1.